The smallest absolute Gasteiger partial charge is 0.252 e. The molecule has 1 rings (SSSR count). The van der Waals surface area contributed by atoms with Gasteiger partial charge in [-0.05, 0) is 24.6 Å². The fourth-order valence-corrected chi connectivity index (χ4v) is 2.35. The van der Waals surface area contributed by atoms with E-state index in [-0.39, 0.29) is 10.9 Å². The molecule has 1 N–H and O–H groups in total. The van der Waals surface area contributed by atoms with Crippen molar-refractivity contribution < 1.29 is 17.9 Å². The Bertz CT molecular complexity index is 604. The Labute approximate surface area is 130 Å². The van der Waals surface area contributed by atoms with Gasteiger partial charge in [-0.2, -0.15) is 0 Å². The number of benzene rings is 1. The third-order valence-electron chi connectivity index (χ3n) is 2.87. The summed E-state index contributed by atoms with van der Waals surface area (Å²) in [6, 6.07) is 4.49. The van der Waals surface area contributed by atoms with Crippen molar-refractivity contribution in [1.29, 1.82) is 0 Å². The molecule has 0 spiro atoms. The number of nitrogens with zero attached hydrogens (tertiary/aromatic N) is 1. The first kappa shape index (κ1) is 17.7. The molecule has 0 aromatic heterocycles. The van der Waals surface area contributed by atoms with Crippen LogP contribution in [-0.2, 0) is 14.8 Å². The van der Waals surface area contributed by atoms with Crippen molar-refractivity contribution in [2.45, 2.75) is 6.42 Å². The highest BCUT2D eigenvalue weighted by atomic mass is 35.5. The van der Waals surface area contributed by atoms with Crippen LogP contribution in [0.3, 0.4) is 0 Å². The maximum absolute atomic E-state index is 11.9. The summed E-state index contributed by atoms with van der Waals surface area (Å²) in [5, 5.41) is 2.92. The second-order valence-electron chi connectivity index (χ2n) is 4.50. The maximum atomic E-state index is 11.9. The van der Waals surface area contributed by atoms with Crippen LogP contribution in [0.4, 0.5) is 5.69 Å². The van der Waals surface area contributed by atoms with Crippen LogP contribution in [0.5, 0.6) is 0 Å². The van der Waals surface area contributed by atoms with Crippen LogP contribution < -0.4 is 9.62 Å². The molecular formula is C13H19ClN2O4S. The Balaban J connectivity index is 2.81. The second kappa shape index (κ2) is 7.63. The number of hydrogen-bond donors (Lipinski definition) is 1. The largest absolute Gasteiger partial charge is 0.385 e. The number of anilines is 1. The Morgan fingerprint density at radius 3 is 2.62 bits per heavy atom. The van der Waals surface area contributed by atoms with Crippen molar-refractivity contribution in [3.63, 3.8) is 0 Å². The molecule has 0 heterocycles. The van der Waals surface area contributed by atoms with Crippen molar-refractivity contribution in [1.82, 2.24) is 5.32 Å². The molecule has 0 aliphatic rings. The standard InChI is InChI=1S/C13H19ClN2O4S/c1-16(21(3,18)19)10-5-6-11(12(14)9-10)13(17)15-7-4-8-20-2/h5-6,9H,4,7-8H2,1-3H3,(H,15,17). The minimum absolute atomic E-state index is 0.201. The lowest BCUT2D eigenvalue weighted by Gasteiger charge is -2.17. The van der Waals surface area contributed by atoms with Gasteiger partial charge in [0.2, 0.25) is 10.0 Å². The summed E-state index contributed by atoms with van der Waals surface area (Å²) in [4.78, 5) is 11.9. The van der Waals surface area contributed by atoms with E-state index in [4.69, 9.17) is 16.3 Å². The van der Waals surface area contributed by atoms with Crippen molar-refractivity contribution in [3.8, 4) is 0 Å². The van der Waals surface area contributed by atoms with E-state index < -0.39 is 10.0 Å². The molecule has 0 saturated heterocycles. The first-order chi connectivity index (χ1) is 9.77. The molecule has 1 amide bonds. The molecule has 0 aliphatic heterocycles. The number of nitrogens with one attached hydrogen (secondary N) is 1. The highest BCUT2D eigenvalue weighted by molar-refractivity contribution is 7.92. The molecule has 0 aliphatic carbocycles. The normalized spacial score (nSPS) is 11.2. The monoisotopic (exact) mass is 334 g/mol. The van der Waals surface area contributed by atoms with Crippen LogP contribution in [0.25, 0.3) is 0 Å². The highest BCUT2D eigenvalue weighted by Gasteiger charge is 2.15. The molecule has 0 atom stereocenters. The molecule has 0 fully saturated rings. The van der Waals surface area contributed by atoms with Crippen LogP contribution in [0.1, 0.15) is 16.8 Å². The zero-order valence-corrected chi connectivity index (χ0v) is 13.8. The summed E-state index contributed by atoms with van der Waals surface area (Å²) in [7, 11) is -0.351. The van der Waals surface area contributed by atoms with E-state index in [1.54, 1.807) is 7.11 Å². The van der Waals surface area contributed by atoms with E-state index in [1.165, 1.54) is 25.2 Å². The average molecular weight is 335 g/mol. The predicted octanol–water partition coefficient (Wildman–Crippen LogP) is 1.50. The number of rotatable bonds is 7. The Hall–Kier alpha value is -1.31. The van der Waals surface area contributed by atoms with Gasteiger partial charge in [0.25, 0.3) is 5.91 Å². The van der Waals surface area contributed by atoms with Gasteiger partial charge in [0.15, 0.2) is 0 Å². The van der Waals surface area contributed by atoms with Crippen LogP contribution in [-0.4, -0.2) is 47.9 Å². The SMILES string of the molecule is COCCCNC(=O)c1ccc(N(C)S(C)(=O)=O)cc1Cl. The molecular weight excluding hydrogens is 316 g/mol. The molecule has 1 aromatic rings. The summed E-state index contributed by atoms with van der Waals surface area (Å²) in [6.45, 7) is 1.04. The number of carbonyl (C=O) groups is 1. The summed E-state index contributed by atoms with van der Waals surface area (Å²) in [6.07, 6.45) is 1.80. The predicted molar refractivity (Wildman–Crippen MR) is 83.5 cm³/mol. The number of methoxy groups -OCH3 is 1. The molecule has 0 unspecified atom stereocenters. The van der Waals surface area contributed by atoms with Gasteiger partial charge in [0.1, 0.15) is 0 Å². The lowest BCUT2D eigenvalue weighted by atomic mass is 10.2. The summed E-state index contributed by atoms with van der Waals surface area (Å²) < 4.78 is 28.9. The first-order valence-electron chi connectivity index (χ1n) is 6.28. The molecule has 8 heteroatoms. The summed E-state index contributed by atoms with van der Waals surface area (Å²) in [5.41, 5.74) is 0.707. The number of amides is 1. The maximum Gasteiger partial charge on any atom is 0.252 e. The quantitative estimate of drug-likeness (QED) is 0.767. The molecule has 0 radical (unpaired) electrons. The number of sulfonamides is 1. The van der Waals surface area contributed by atoms with E-state index >= 15 is 0 Å². The summed E-state index contributed by atoms with van der Waals surface area (Å²) >= 11 is 6.05. The fraction of sp³-hybridized carbons (Fsp3) is 0.462. The van der Waals surface area contributed by atoms with E-state index in [9.17, 15) is 13.2 Å². The lowest BCUT2D eigenvalue weighted by Crippen LogP contribution is -2.26. The first-order valence-corrected chi connectivity index (χ1v) is 8.50. The van der Waals surface area contributed by atoms with Crippen LogP contribution in [0.15, 0.2) is 18.2 Å². The van der Waals surface area contributed by atoms with E-state index in [1.807, 2.05) is 0 Å². The number of halogens is 1. The van der Waals surface area contributed by atoms with Gasteiger partial charge in [-0.15, -0.1) is 0 Å². The Morgan fingerprint density at radius 1 is 1.43 bits per heavy atom. The average Bonchev–Trinajstić information content (AvgIpc) is 2.41. The van der Waals surface area contributed by atoms with E-state index in [0.717, 1.165) is 10.6 Å². The van der Waals surface area contributed by atoms with Crippen LogP contribution >= 0.6 is 11.6 Å². The van der Waals surface area contributed by atoms with Crippen LogP contribution in [0, 0.1) is 0 Å². The van der Waals surface area contributed by atoms with Crippen LogP contribution in [0.2, 0.25) is 5.02 Å². The zero-order chi connectivity index (χ0) is 16.0. The van der Waals surface area contributed by atoms with Gasteiger partial charge < -0.3 is 10.1 Å². The van der Waals surface area contributed by atoms with Crippen molar-refractivity contribution >= 4 is 33.2 Å². The fourth-order valence-electron chi connectivity index (χ4n) is 1.59. The minimum Gasteiger partial charge on any atom is -0.385 e. The van der Waals surface area contributed by atoms with Gasteiger partial charge >= 0.3 is 0 Å². The number of ether oxygens (including phenoxy) is 1. The minimum atomic E-state index is -3.37. The number of carbonyl (C=O) groups excluding carboxylic acids is 1. The molecule has 6 nitrogen and oxygen atoms in total. The van der Waals surface area contributed by atoms with Gasteiger partial charge in [0, 0.05) is 27.3 Å². The molecule has 0 saturated carbocycles. The van der Waals surface area contributed by atoms with Gasteiger partial charge in [-0.25, -0.2) is 8.42 Å². The molecule has 118 valence electrons. The Morgan fingerprint density at radius 2 is 2.10 bits per heavy atom. The van der Waals surface area contributed by atoms with Gasteiger partial charge in [0.05, 0.1) is 22.5 Å². The number of hydrogen-bond acceptors (Lipinski definition) is 4. The second-order valence-corrected chi connectivity index (χ2v) is 6.92. The van der Waals surface area contributed by atoms with Crippen molar-refractivity contribution in [2.24, 2.45) is 0 Å². The third kappa shape index (κ3) is 5.18. The lowest BCUT2D eigenvalue weighted by molar-refractivity contribution is 0.0949. The topological polar surface area (TPSA) is 75.7 Å². The van der Waals surface area contributed by atoms with Crippen molar-refractivity contribution in [3.05, 3.63) is 28.8 Å². The zero-order valence-electron chi connectivity index (χ0n) is 12.2. The van der Waals surface area contributed by atoms with Crippen molar-refractivity contribution in [2.75, 3.05) is 37.9 Å². The molecule has 0 bridgehead atoms. The van der Waals surface area contributed by atoms with E-state index in [2.05, 4.69) is 5.32 Å². The third-order valence-corrected chi connectivity index (χ3v) is 4.39. The Kier molecular flexibility index (Phi) is 6.44. The van der Waals surface area contributed by atoms with Gasteiger partial charge in [-0.3, -0.25) is 9.10 Å². The summed E-state index contributed by atoms with van der Waals surface area (Å²) in [5.74, 6) is -0.301. The molecule has 1 aromatic carbocycles. The van der Waals surface area contributed by atoms with Gasteiger partial charge in [-0.1, -0.05) is 11.6 Å². The highest BCUT2D eigenvalue weighted by Crippen LogP contribution is 2.24. The molecule has 21 heavy (non-hydrogen) atoms. The van der Waals surface area contributed by atoms with E-state index in [0.29, 0.717) is 30.8 Å².